The molecule has 1 N–H and O–H groups in total. The molecule has 5 heteroatoms. The van der Waals surface area contributed by atoms with Gasteiger partial charge in [-0.05, 0) is 18.4 Å². The Morgan fingerprint density at radius 3 is 2.50 bits per heavy atom. The van der Waals surface area contributed by atoms with Crippen molar-refractivity contribution in [2.24, 2.45) is 0 Å². The van der Waals surface area contributed by atoms with E-state index in [-0.39, 0.29) is 24.1 Å². The van der Waals surface area contributed by atoms with E-state index in [1.165, 1.54) is 12.8 Å². The number of amides is 1. The Kier molecular flexibility index (Phi) is 4.33. The molecule has 4 rings (SSSR count). The van der Waals surface area contributed by atoms with Crippen molar-refractivity contribution < 1.29 is 9.53 Å². The summed E-state index contributed by atoms with van der Waals surface area (Å²) in [5.41, 5.74) is 0.970. The van der Waals surface area contributed by atoms with E-state index in [0.717, 1.165) is 31.4 Å². The number of hydrogen-bond donors (Lipinski definition) is 1. The molecule has 0 radical (unpaired) electrons. The van der Waals surface area contributed by atoms with Crippen LogP contribution in [0.1, 0.15) is 37.7 Å². The molecule has 4 nitrogen and oxygen atoms in total. The minimum absolute atomic E-state index is 0. The molecule has 1 spiro atoms. The van der Waals surface area contributed by atoms with Crippen molar-refractivity contribution in [1.29, 1.82) is 0 Å². The van der Waals surface area contributed by atoms with Crippen LogP contribution in [0.25, 0.3) is 0 Å². The van der Waals surface area contributed by atoms with E-state index in [1.54, 1.807) is 0 Å². The van der Waals surface area contributed by atoms with Crippen LogP contribution < -0.4 is 5.32 Å². The molecule has 3 heterocycles. The minimum atomic E-state index is -0.193. The first kappa shape index (κ1) is 15.6. The Morgan fingerprint density at radius 2 is 1.86 bits per heavy atom. The molecule has 120 valence electrons. The van der Waals surface area contributed by atoms with Crippen molar-refractivity contribution >= 4 is 18.5 Å². The highest BCUT2D eigenvalue weighted by atomic mass is 35.5. The van der Waals surface area contributed by atoms with Gasteiger partial charge in [-0.15, -0.1) is 12.4 Å². The van der Waals surface area contributed by atoms with Gasteiger partial charge < -0.3 is 15.0 Å². The summed E-state index contributed by atoms with van der Waals surface area (Å²) in [6.45, 7) is 1.47. The summed E-state index contributed by atoms with van der Waals surface area (Å²) in [4.78, 5) is 14.2. The van der Waals surface area contributed by atoms with Gasteiger partial charge in [0, 0.05) is 44.4 Å². The number of ether oxygens (including phenoxy) is 1. The van der Waals surface area contributed by atoms with E-state index < -0.39 is 0 Å². The largest absolute Gasteiger partial charge is 0.443 e. The van der Waals surface area contributed by atoms with Gasteiger partial charge >= 0.3 is 6.09 Å². The van der Waals surface area contributed by atoms with Gasteiger partial charge in [-0.25, -0.2) is 4.79 Å². The highest BCUT2D eigenvalue weighted by Crippen LogP contribution is 2.41. The quantitative estimate of drug-likeness (QED) is 0.909. The van der Waals surface area contributed by atoms with Crippen LogP contribution in [0.2, 0.25) is 0 Å². The molecule has 0 aliphatic carbocycles. The Labute approximate surface area is 137 Å². The van der Waals surface area contributed by atoms with Crippen molar-refractivity contribution in [3.05, 3.63) is 35.9 Å². The second kappa shape index (κ2) is 6.09. The molecule has 22 heavy (non-hydrogen) atoms. The number of piperidine rings is 1. The van der Waals surface area contributed by atoms with Crippen molar-refractivity contribution in [3.8, 4) is 0 Å². The molecular formula is C17H23ClN2O2. The number of carbonyl (C=O) groups excluding carboxylic acids is 1. The average molecular weight is 323 g/mol. The zero-order chi connectivity index (χ0) is 14.3. The zero-order valence-corrected chi connectivity index (χ0v) is 13.5. The van der Waals surface area contributed by atoms with Crippen molar-refractivity contribution in [1.82, 2.24) is 10.2 Å². The van der Waals surface area contributed by atoms with Crippen LogP contribution in [0.5, 0.6) is 0 Å². The lowest BCUT2D eigenvalue weighted by atomic mass is 9.83. The summed E-state index contributed by atoms with van der Waals surface area (Å²) in [5, 5.41) is 3.62. The Hall–Kier alpha value is -1.26. The first-order valence-corrected chi connectivity index (χ1v) is 8.00. The molecule has 3 aliphatic heterocycles. The molecule has 3 fully saturated rings. The molecule has 0 saturated carbocycles. The van der Waals surface area contributed by atoms with Crippen molar-refractivity contribution in [2.45, 2.75) is 56.3 Å². The molecule has 1 aromatic carbocycles. The second-order valence-corrected chi connectivity index (χ2v) is 6.75. The van der Waals surface area contributed by atoms with Gasteiger partial charge in [-0.3, -0.25) is 0 Å². The molecule has 1 amide bonds. The molecule has 1 aromatic rings. The summed E-state index contributed by atoms with van der Waals surface area (Å²) in [5.74, 6) is 0. The highest BCUT2D eigenvalue weighted by Gasteiger charge is 2.48. The third kappa shape index (κ3) is 2.95. The fraction of sp³-hybridized carbons (Fsp3) is 0.588. The van der Waals surface area contributed by atoms with Gasteiger partial charge in [-0.1, -0.05) is 30.3 Å². The SMILES string of the molecule is Cl.O=C1OC2(CCN1Cc1ccccc1)C[C@H]1CC[C@@H](C2)N1. The van der Waals surface area contributed by atoms with Gasteiger partial charge in [0.1, 0.15) is 5.60 Å². The number of halogens is 1. The number of benzene rings is 1. The van der Waals surface area contributed by atoms with Crippen LogP contribution in [0.15, 0.2) is 30.3 Å². The lowest BCUT2D eigenvalue weighted by Crippen LogP contribution is -2.56. The fourth-order valence-electron chi connectivity index (χ4n) is 4.17. The molecule has 1 unspecified atom stereocenters. The van der Waals surface area contributed by atoms with Crippen molar-refractivity contribution in [2.75, 3.05) is 6.54 Å². The Bertz CT molecular complexity index is 525. The van der Waals surface area contributed by atoms with E-state index in [0.29, 0.717) is 18.6 Å². The number of fused-ring (bicyclic) bond motifs is 2. The van der Waals surface area contributed by atoms with Crippen LogP contribution >= 0.6 is 12.4 Å². The van der Waals surface area contributed by atoms with Gasteiger partial charge in [0.05, 0.1) is 0 Å². The van der Waals surface area contributed by atoms with E-state index in [9.17, 15) is 4.79 Å². The third-order valence-corrected chi connectivity index (χ3v) is 5.19. The summed E-state index contributed by atoms with van der Waals surface area (Å²) < 4.78 is 5.93. The Morgan fingerprint density at radius 1 is 1.18 bits per heavy atom. The maximum atomic E-state index is 12.4. The lowest BCUT2D eigenvalue weighted by molar-refractivity contribution is -0.0757. The highest BCUT2D eigenvalue weighted by molar-refractivity contribution is 5.85. The normalized spacial score (nSPS) is 33.5. The third-order valence-electron chi connectivity index (χ3n) is 5.19. The van der Waals surface area contributed by atoms with Crippen molar-refractivity contribution in [3.63, 3.8) is 0 Å². The van der Waals surface area contributed by atoms with E-state index in [4.69, 9.17) is 4.74 Å². The molecule has 0 aromatic heterocycles. The van der Waals surface area contributed by atoms with Gasteiger partial charge in [0.15, 0.2) is 0 Å². The standard InChI is InChI=1S/C17H22N2O2.ClH/c20-16-19(12-13-4-2-1-3-5-13)9-8-17(21-16)10-14-6-7-15(11-17)18-14;/h1-5,14-15,18H,6-12H2;1H/t14-,15+,17?;. The predicted molar refractivity (Wildman–Crippen MR) is 87.1 cm³/mol. The molecule has 3 saturated heterocycles. The fourth-order valence-corrected chi connectivity index (χ4v) is 4.17. The minimum Gasteiger partial charge on any atom is -0.443 e. The van der Waals surface area contributed by atoms with Crippen LogP contribution in [0.3, 0.4) is 0 Å². The maximum absolute atomic E-state index is 12.4. The topological polar surface area (TPSA) is 41.6 Å². The summed E-state index contributed by atoms with van der Waals surface area (Å²) in [7, 11) is 0. The lowest BCUT2D eigenvalue weighted by Gasteiger charge is -2.45. The van der Waals surface area contributed by atoms with E-state index in [1.807, 2.05) is 23.1 Å². The first-order valence-electron chi connectivity index (χ1n) is 8.00. The van der Waals surface area contributed by atoms with Gasteiger partial charge in [0.2, 0.25) is 0 Å². The Balaban J connectivity index is 0.00000144. The molecule has 3 atom stereocenters. The predicted octanol–water partition coefficient (Wildman–Crippen LogP) is 3.10. The maximum Gasteiger partial charge on any atom is 0.410 e. The van der Waals surface area contributed by atoms with Crippen LogP contribution in [0, 0.1) is 0 Å². The summed E-state index contributed by atoms with van der Waals surface area (Å²) in [6, 6.07) is 11.2. The number of nitrogens with one attached hydrogen (secondary N) is 1. The summed E-state index contributed by atoms with van der Waals surface area (Å²) >= 11 is 0. The smallest absolute Gasteiger partial charge is 0.410 e. The number of hydrogen-bond acceptors (Lipinski definition) is 3. The van der Waals surface area contributed by atoms with Crippen LogP contribution in [-0.2, 0) is 11.3 Å². The molecule has 3 aliphatic rings. The molecule has 2 bridgehead atoms. The van der Waals surface area contributed by atoms with Gasteiger partial charge in [-0.2, -0.15) is 0 Å². The summed E-state index contributed by atoms with van der Waals surface area (Å²) in [6.07, 6.45) is 5.30. The van der Waals surface area contributed by atoms with E-state index >= 15 is 0 Å². The van der Waals surface area contributed by atoms with Gasteiger partial charge in [0.25, 0.3) is 0 Å². The van der Waals surface area contributed by atoms with Crippen LogP contribution in [-0.4, -0.2) is 35.2 Å². The molecular weight excluding hydrogens is 300 g/mol. The zero-order valence-electron chi connectivity index (χ0n) is 12.7. The number of carbonyl (C=O) groups is 1. The second-order valence-electron chi connectivity index (χ2n) is 6.75. The average Bonchev–Trinajstić information content (AvgIpc) is 2.83. The monoisotopic (exact) mass is 322 g/mol. The number of rotatable bonds is 2. The first-order chi connectivity index (χ1) is 10.2. The van der Waals surface area contributed by atoms with E-state index in [2.05, 4.69) is 17.4 Å². The van der Waals surface area contributed by atoms with Crippen LogP contribution in [0.4, 0.5) is 4.79 Å². The number of nitrogens with zero attached hydrogens (tertiary/aromatic N) is 1.